The van der Waals surface area contributed by atoms with Gasteiger partial charge in [-0.1, -0.05) is 33.6 Å². The molecule has 0 saturated carbocycles. The molecule has 0 aromatic carbocycles. The first-order chi connectivity index (χ1) is 8.97. The van der Waals surface area contributed by atoms with Crippen LogP contribution in [0.2, 0.25) is 0 Å². The van der Waals surface area contributed by atoms with Crippen molar-refractivity contribution in [2.24, 2.45) is 5.92 Å². The number of carboxylic acids is 1. The molecule has 0 saturated heterocycles. The van der Waals surface area contributed by atoms with E-state index in [1.165, 1.54) is 0 Å². The highest BCUT2D eigenvalue weighted by Crippen LogP contribution is 2.18. The minimum atomic E-state index is -0.868. The molecular formula is C14H27NO4. The zero-order valence-electron chi connectivity index (χ0n) is 12.3. The van der Waals surface area contributed by atoms with Crippen LogP contribution >= 0.6 is 0 Å². The van der Waals surface area contributed by atoms with Gasteiger partial charge in [-0.15, -0.1) is 0 Å². The van der Waals surface area contributed by atoms with E-state index in [9.17, 15) is 14.8 Å². The van der Waals surface area contributed by atoms with Crippen molar-refractivity contribution >= 4 is 11.9 Å². The van der Waals surface area contributed by atoms with Crippen LogP contribution in [-0.2, 0) is 9.59 Å². The number of hydrogen-bond acceptors (Lipinski definition) is 3. The second kappa shape index (κ2) is 9.78. The van der Waals surface area contributed by atoms with Gasteiger partial charge in [0.15, 0.2) is 0 Å². The molecule has 0 bridgehead atoms. The standard InChI is InChI=1S/C14H27NO4/c1-4-7-8-9-13(16)15(19)12(6-3)10-11(5-2)14(17)18/h11-12,19H,4-10H2,1-3H3,(H,17,18). The monoisotopic (exact) mass is 273 g/mol. The van der Waals surface area contributed by atoms with Gasteiger partial charge in [-0.25, -0.2) is 5.06 Å². The maximum Gasteiger partial charge on any atom is 0.306 e. The molecule has 2 unspecified atom stereocenters. The van der Waals surface area contributed by atoms with E-state index in [0.717, 1.165) is 24.3 Å². The molecule has 0 rings (SSSR count). The molecule has 0 aliphatic heterocycles. The molecule has 0 aliphatic rings. The highest BCUT2D eigenvalue weighted by molar-refractivity contribution is 5.75. The van der Waals surface area contributed by atoms with Crippen molar-refractivity contribution < 1.29 is 19.9 Å². The molecule has 0 aromatic rings. The van der Waals surface area contributed by atoms with E-state index in [2.05, 4.69) is 6.92 Å². The van der Waals surface area contributed by atoms with Crippen LogP contribution in [0.5, 0.6) is 0 Å². The minimum Gasteiger partial charge on any atom is -0.481 e. The van der Waals surface area contributed by atoms with Crippen LogP contribution in [0, 0.1) is 5.92 Å². The Bertz CT molecular complexity index is 281. The third-order valence-electron chi connectivity index (χ3n) is 3.47. The first-order valence-corrected chi connectivity index (χ1v) is 7.21. The van der Waals surface area contributed by atoms with Gasteiger partial charge in [0, 0.05) is 6.42 Å². The maximum absolute atomic E-state index is 11.8. The van der Waals surface area contributed by atoms with E-state index in [4.69, 9.17) is 5.11 Å². The van der Waals surface area contributed by atoms with Crippen molar-refractivity contribution in [3.8, 4) is 0 Å². The molecule has 0 radical (unpaired) electrons. The third-order valence-corrected chi connectivity index (χ3v) is 3.47. The number of carbonyl (C=O) groups is 2. The molecule has 5 nitrogen and oxygen atoms in total. The Morgan fingerprint density at radius 3 is 2.16 bits per heavy atom. The van der Waals surface area contributed by atoms with Crippen LogP contribution in [0.25, 0.3) is 0 Å². The largest absolute Gasteiger partial charge is 0.481 e. The number of nitrogens with zero attached hydrogens (tertiary/aromatic N) is 1. The van der Waals surface area contributed by atoms with Crippen molar-refractivity contribution in [2.45, 2.75) is 71.8 Å². The maximum atomic E-state index is 11.8. The van der Waals surface area contributed by atoms with Crippen molar-refractivity contribution in [3.05, 3.63) is 0 Å². The fraction of sp³-hybridized carbons (Fsp3) is 0.857. The van der Waals surface area contributed by atoms with E-state index in [1.54, 1.807) is 6.92 Å². The van der Waals surface area contributed by atoms with Crippen molar-refractivity contribution in [1.82, 2.24) is 5.06 Å². The molecule has 2 N–H and O–H groups in total. The summed E-state index contributed by atoms with van der Waals surface area (Å²) in [4.78, 5) is 22.8. The summed E-state index contributed by atoms with van der Waals surface area (Å²) in [6, 6.07) is -0.407. The lowest BCUT2D eigenvalue weighted by molar-refractivity contribution is -0.179. The number of amides is 1. The first-order valence-electron chi connectivity index (χ1n) is 7.21. The van der Waals surface area contributed by atoms with Crippen molar-refractivity contribution in [3.63, 3.8) is 0 Å². The van der Waals surface area contributed by atoms with Gasteiger partial charge >= 0.3 is 5.97 Å². The highest BCUT2D eigenvalue weighted by atomic mass is 16.5. The molecule has 0 spiro atoms. The van der Waals surface area contributed by atoms with Crippen molar-refractivity contribution in [1.29, 1.82) is 0 Å². The number of hydrogen-bond donors (Lipinski definition) is 2. The molecule has 2 atom stereocenters. The topological polar surface area (TPSA) is 77.8 Å². The lowest BCUT2D eigenvalue weighted by Crippen LogP contribution is -2.39. The second-order valence-corrected chi connectivity index (χ2v) is 4.94. The quantitative estimate of drug-likeness (QED) is 0.364. The van der Waals surface area contributed by atoms with Crippen LogP contribution in [0.3, 0.4) is 0 Å². The normalized spacial score (nSPS) is 13.9. The third kappa shape index (κ3) is 6.57. The summed E-state index contributed by atoms with van der Waals surface area (Å²) in [6.07, 6.45) is 4.43. The summed E-state index contributed by atoms with van der Waals surface area (Å²) < 4.78 is 0. The van der Waals surface area contributed by atoms with Gasteiger partial charge < -0.3 is 5.11 Å². The smallest absolute Gasteiger partial charge is 0.306 e. The molecule has 5 heteroatoms. The van der Waals surface area contributed by atoms with Crippen LogP contribution in [-0.4, -0.2) is 33.3 Å². The number of carboxylic acid groups (broad SMARTS) is 1. The minimum absolute atomic E-state index is 0.304. The fourth-order valence-electron chi connectivity index (χ4n) is 2.05. The van der Waals surface area contributed by atoms with Gasteiger partial charge in [0.2, 0.25) is 5.91 Å². The van der Waals surface area contributed by atoms with Crippen LogP contribution < -0.4 is 0 Å². The number of carbonyl (C=O) groups excluding carboxylic acids is 1. The van der Waals surface area contributed by atoms with Gasteiger partial charge in [0.05, 0.1) is 12.0 Å². The summed E-state index contributed by atoms with van der Waals surface area (Å²) in [5.41, 5.74) is 0. The summed E-state index contributed by atoms with van der Waals surface area (Å²) >= 11 is 0. The molecule has 112 valence electrons. The van der Waals surface area contributed by atoms with E-state index in [0.29, 0.717) is 25.7 Å². The van der Waals surface area contributed by atoms with E-state index in [1.807, 2.05) is 6.92 Å². The highest BCUT2D eigenvalue weighted by Gasteiger charge is 2.26. The molecule has 0 heterocycles. The summed E-state index contributed by atoms with van der Waals surface area (Å²) in [7, 11) is 0. The van der Waals surface area contributed by atoms with E-state index >= 15 is 0 Å². The van der Waals surface area contributed by atoms with Crippen molar-refractivity contribution in [2.75, 3.05) is 0 Å². The second-order valence-electron chi connectivity index (χ2n) is 4.94. The van der Waals surface area contributed by atoms with Crippen LogP contribution in [0.1, 0.15) is 65.7 Å². The Morgan fingerprint density at radius 2 is 1.74 bits per heavy atom. The Balaban J connectivity index is 4.40. The lowest BCUT2D eigenvalue weighted by Gasteiger charge is -2.27. The summed E-state index contributed by atoms with van der Waals surface area (Å²) in [6.45, 7) is 5.70. The van der Waals surface area contributed by atoms with Gasteiger partial charge in [0.25, 0.3) is 0 Å². The SMILES string of the molecule is CCCCCC(=O)N(O)C(CC)CC(CC)C(=O)O. The molecule has 0 aliphatic carbocycles. The average molecular weight is 273 g/mol. The Labute approximate surface area is 115 Å². The molecular weight excluding hydrogens is 246 g/mol. The average Bonchev–Trinajstić information content (AvgIpc) is 2.39. The number of aliphatic carboxylic acids is 1. The Morgan fingerprint density at radius 1 is 1.11 bits per heavy atom. The molecule has 0 aromatic heterocycles. The lowest BCUT2D eigenvalue weighted by atomic mass is 9.95. The van der Waals surface area contributed by atoms with Gasteiger partial charge in [-0.2, -0.15) is 0 Å². The fourth-order valence-corrected chi connectivity index (χ4v) is 2.05. The first kappa shape index (κ1) is 17.9. The van der Waals surface area contributed by atoms with Crippen LogP contribution in [0.4, 0.5) is 0 Å². The number of hydroxylamine groups is 2. The Kier molecular flexibility index (Phi) is 9.21. The van der Waals surface area contributed by atoms with Gasteiger partial charge in [-0.3, -0.25) is 14.8 Å². The van der Waals surface area contributed by atoms with Crippen LogP contribution in [0.15, 0.2) is 0 Å². The zero-order chi connectivity index (χ0) is 14.8. The number of unbranched alkanes of at least 4 members (excludes halogenated alkanes) is 2. The van der Waals surface area contributed by atoms with Gasteiger partial charge in [-0.05, 0) is 25.7 Å². The Hall–Kier alpha value is -1.10. The number of rotatable bonds is 10. The van der Waals surface area contributed by atoms with E-state index < -0.39 is 17.9 Å². The molecule has 1 amide bonds. The predicted octanol–water partition coefficient (Wildman–Crippen LogP) is 3.06. The predicted molar refractivity (Wildman–Crippen MR) is 72.9 cm³/mol. The summed E-state index contributed by atoms with van der Waals surface area (Å²) in [5, 5.41) is 19.7. The zero-order valence-corrected chi connectivity index (χ0v) is 12.3. The summed E-state index contributed by atoms with van der Waals surface area (Å²) in [5.74, 6) is -1.68. The molecule has 19 heavy (non-hydrogen) atoms. The molecule has 0 fully saturated rings. The van der Waals surface area contributed by atoms with E-state index in [-0.39, 0.29) is 5.91 Å². The van der Waals surface area contributed by atoms with Gasteiger partial charge in [0.1, 0.15) is 0 Å².